The number of hydrogen-bond donors (Lipinski definition) is 0. The van der Waals surface area contributed by atoms with Crippen LogP contribution < -0.4 is 14.4 Å². The van der Waals surface area contributed by atoms with Crippen molar-refractivity contribution in [3.05, 3.63) is 48.3 Å². The van der Waals surface area contributed by atoms with E-state index in [4.69, 9.17) is 9.47 Å². The number of ether oxygens (including phenoxy) is 2. The van der Waals surface area contributed by atoms with E-state index >= 15 is 0 Å². The molecule has 1 heterocycles. The maximum absolute atomic E-state index is 13.0. The predicted molar refractivity (Wildman–Crippen MR) is 92.1 cm³/mol. The zero-order chi connectivity index (χ0) is 18.9. The van der Waals surface area contributed by atoms with Gasteiger partial charge in [0.25, 0.3) is 0 Å². The molecule has 0 unspecified atom stereocenters. The van der Waals surface area contributed by atoms with Crippen LogP contribution in [0.5, 0.6) is 11.5 Å². The van der Waals surface area contributed by atoms with E-state index in [1.54, 1.807) is 30.1 Å². The molecule has 3 rings (SSSR count). The Morgan fingerprint density at radius 1 is 0.962 bits per heavy atom. The van der Waals surface area contributed by atoms with Gasteiger partial charge >= 0.3 is 6.18 Å². The largest absolute Gasteiger partial charge is 0.493 e. The number of hydrogen-bond acceptors (Lipinski definition) is 5. The van der Waals surface area contributed by atoms with Crippen molar-refractivity contribution in [3.8, 4) is 11.5 Å². The van der Waals surface area contributed by atoms with Gasteiger partial charge in [-0.25, -0.2) is 9.97 Å². The maximum Gasteiger partial charge on any atom is 0.416 e. The number of benzene rings is 2. The zero-order valence-corrected chi connectivity index (χ0v) is 14.3. The molecule has 1 aromatic heterocycles. The molecule has 0 N–H and O–H groups in total. The molecule has 0 radical (unpaired) electrons. The first-order valence-corrected chi connectivity index (χ1v) is 7.63. The van der Waals surface area contributed by atoms with Crippen molar-refractivity contribution < 1.29 is 22.6 Å². The fourth-order valence-electron chi connectivity index (χ4n) is 2.65. The quantitative estimate of drug-likeness (QED) is 0.686. The first-order chi connectivity index (χ1) is 12.3. The number of rotatable bonds is 4. The third-order valence-corrected chi connectivity index (χ3v) is 4.00. The van der Waals surface area contributed by atoms with Crippen molar-refractivity contribution in [2.45, 2.75) is 6.18 Å². The van der Waals surface area contributed by atoms with Gasteiger partial charge in [-0.15, -0.1) is 0 Å². The number of fused-ring (bicyclic) bond motifs is 1. The van der Waals surface area contributed by atoms with Crippen molar-refractivity contribution in [1.82, 2.24) is 9.97 Å². The van der Waals surface area contributed by atoms with Crippen LogP contribution in [0.4, 0.5) is 24.7 Å². The second kappa shape index (κ2) is 6.70. The first-order valence-electron chi connectivity index (χ1n) is 7.63. The smallest absolute Gasteiger partial charge is 0.416 e. The Bertz CT molecular complexity index is 945. The Kier molecular flexibility index (Phi) is 4.58. The van der Waals surface area contributed by atoms with Crippen molar-refractivity contribution in [1.29, 1.82) is 0 Å². The van der Waals surface area contributed by atoms with Gasteiger partial charge < -0.3 is 14.4 Å². The van der Waals surface area contributed by atoms with Gasteiger partial charge in [0.05, 0.1) is 25.3 Å². The molecule has 26 heavy (non-hydrogen) atoms. The standard InChI is InChI=1S/C18H16F3N3O2/c1-24(12-6-4-5-11(7-12)18(19,20)21)17-13-8-15(25-2)16(26-3)9-14(13)22-10-23-17/h4-10H,1-3H3. The van der Waals surface area contributed by atoms with Crippen molar-refractivity contribution >= 4 is 22.4 Å². The van der Waals surface area contributed by atoms with E-state index in [0.29, 0.717) is 33.9 Å². The van der Waals surface area contributed by atoms with Gasteiger partial charge in [0.2, 0.25) is 0 Å². The van der Waals surface area contributed by atoms with Gasteiger partial charge in [0, 0.05) is 24.2 Å². The number of alkyl halides is 3. The highest BCUT2D eigenvalue weighted by Crippen LogP contribution is 2.37. The van der Waals surface area contributed by atoms with Gasteiger partial charge in [0.15, 0.2) is 11.5 Å². The summed E-state index contributed by atoms with van der Waals surface area (Å²) in [7, 11) is 4.66. The minimum Gasteiger partial charge on any atom is -0.493 e. The summed E-state index contributed by atoms with van der Waals surface area (Å²) in [6.07, 6.45) is -3.06. The topological polar surface area (TPSA) is 47.5 Å². The summed E-state index contributed by atoms with van der Waals surface area (Å²) < 4.78 is 49.5. The Labute approximate surface area is 148 Å². The van der Waals surface area contributed by atoms with Crippen LogP contribution in [0.3, 0.4) is 0 Å². The van der Waals surface area contributed by atoms with Crippen LogP contribution in [0.25, 0.3) is 10.9 Å². The molecule has 0 aliphatic carbocycles. The molecule has 0 saturated carbocycles. The molecule has 0 saturated heterocycles. The highest BCUT2D eigenvalue weighted by molar-refractivity contribution is 5.93. The Morgan fingerprint density at radius 3 is 2.31 bits per heavy atom. The van der Waals surface area contributed by atoms with E-state index in [1.165, 1.54) is 26.6 Å². The average molecular weight is 363 g/mol. The molecule has 0 aliphatic rings. The number of nitrogens with zero attached hydrogens (tertiary/aromatic N) is 3. The van der Waals surface area contributed by atoms with Crippen molar-refractivity contribution in [3.63, 3.8) is 0 Å². The maximum atomic E-state index is 13.0. The minimum absolute atomic E-state index is 0.356. The van der Waals surface area contributed by atoms with E-state index in [2.05, 4.69) is 9.97 Å². The molecular weight excluding hydrogens is 347 g/mol. The van der Waals surface area contributed by atoms with Gasteiger partial charge in [-0.1, -0.05) is 6.07 Å². The minimum atomic E-state index is -4.42. The summed E-state index contributed by atoms with van der Waals surface area (Å²) in [5.74, 6) is 1.44. The van der Waals surface area contributed by atoms with Crippen LogP contribution in [-0.2, 0) is 6.18 Å². The van der Waals surface area contributed by atoms with Crippen molar-refractivity contribution in [2.24, 2.45) is 0 Å². The van der Waals surface area contributed by atoms with E-state index in [0.717, 1.165) is 12.1 Å². The van der Waals surface area contributed by atoms with Gasteiger partial charge in [0.1, 0.15) is 12.1 Å². The summed E-state index contributed by atoms with van der Waals surface area (Å²) in [6, 6.07) is 8.45. The lowest BCUT2D eigenvalue weighted by atomic mass is 10.1. The summed E-state index contributed by atoms with van der Waals surface area (Å²) in [6.45, 7) is 0. The fraction of sp³-hybridized carbons (Fsp3) is 0.222. The van der Waals surface area contributed by atoms with E-state index in [1.807, 2.05) is 0 Å². The number of aromatic nitrogens is 2. The monoisotopic (exact) mass is 363 g/mol. The van der Waals surface area contributed by atoms with Crippen LogP contribution in [0.1, 0.15) is 5.56 Å². The SMILES string of the molecule is COc1cc2ncnc(N(C)c3cccc(C(F)(F)F)c3)c2cc1OC. The lowest BCUT2D eigenvalue weighted by Crippen LogP contribution is -2.14. The van der Waals surface area contributed by atoms with E-state index < -0.39 is 11.7 Å². The Morgan fingerprint density at radius 2 is 1.65 bits per heavy atom. The van der Waals surface area contributed by atoms with Gasteiger partial charge in [-0.05, 0) is 24.3 Å². The summed E-state index contributed by atoms with van der Waals surface area (Å²) in [4.78, 5) is 10.0. The molecule has 5 nitrogen and oxygen atoms in total. The zero-order valence-electron chi connectivity index (χ0n) is 14.3. The lowest BCUT2D eigenvalue weighted by molar-refractivity contribution is -0.137. The number of methoxy groups -OCH3 is 2. The van der Waals surface area contributed by atoms with Crippen LogP contribution >= 0.6 is 0 Å². The third kappa shape index (κ3) is 3.22. The van der Waals surface area contributed by atoms with Crippen LogP contribution in [-0.4, -0.2) is 31.2 Å². The second-order valence-electron chi connectivity index (χ2n) is 5.53. The number of halogens is 3. The second-order valence-corrected chi connectivity index (χ2v) is 5.53. The first kappa shape index (κ1) is 17.8. The van der Waals surface area contributed by atoms with Crippen molar-refractivity contribution in [2.75, 3.05) is 26.2 Å². The summed E-state index contributed by atoms with van der Waals surface area (Å²) >= 11 is 0. The van der Waals surface area contributed by atoms with Crippen LogP contribution in [0.15, 0.2) is 42.7 Å². The lowest BCUT2D eigenvalue weighted by Gasteiger charge is -2.21. The molecule has 0 bridgehead atoms. The molecule has 2 aromatic carbocycles. The molecule has 8 heteroatoms. The molecule has 0 aliphatic heterocycles. The van der Waals surface area contributed by atoms with E-state index in [9.17, 15) is 13.2 Å². The van der Waals surface area contributed by atoms with Gasteiger partial charge in [-0.3, -0.25) is 0 Å². The van der Waals surface area contributed by atoms with Crippen LogP contribution in [0.2, 0.25) is 0 Å². The highest BCUT2D eigenvalue weighted by atomic mass is 19.4. The normalized spacial score (nSPS) is 11.5. The molecular formula is C18H16F3N3O2. The van der Waals surface area contributed by atoms with Gasteiger partial charge in [-0.2, -0.15) is 13.2 Å². The Balaban J connectivity index is 2.13. The molecule has 0 spiro atoms. The molecule has 3 aromatic rings. The summed E-state index contributed by atoms with van der Waals surface area (Å²) in [5.41, 5.74) is 0.223. The molecule has 136 valence electrons. The predicted octanol–water partition coefficient (Wildman–Crippen LogP) is 4.43. The molecule has 0 fully saturated rings. The van der Waals surface area contributed by atoms with E-state index in [-0.39, 0.29) is 0 Å². The molecule has 0 atom stereocenters. The summed E-state index contributed by atoms with van der Waals surface area (Å²) in [5, 5.41) is 0.630. The average Bonchev–Trinajstić information content (AvgIpc) is 2.65. The fourth-order valence-corrected chi connectivity index (χ4v) is 2.65. The highest BCUT2D eigenvalue weighted by Gasteiger charge is 2.30. The van der Waals surface area contributed by atoms with Crippen LogP contribution in [0, 0.1) is 0 Å². The number of anilines is 2. The third-order valence-electron chi connectivity index (χ3n) is 4.00. The molecule has 0 amide bonds. The Hall–Kier alpha value is -3.03.